The van der Waals surface area contributed by atoms with Gasteiger partial charge in [0.2, 0.25) is 0 Å². The fraction of sp³-hybridized carbons (Fsp3) is 0.238. The van der Waals surface area contributed by atoms with E-state index < -0.39 is 5.91 Å². The van der Waals surface area contributed by atoms with E-state index in [-0.39, 0.29) is 22.9 Å². The second-order valence-corrected chi connectivity index (χ2v) is 6.80. The highest BCUT2D eigenvalue weighted by Crippen LogP contribution is 2.21. The first kappa shape index (κ1) is 19.1. The molecule has 2 aromatic carbocycles. The number of hydrogen-bond donors (Lipinski definition) is 1. The summed E-state index contributed by atoms with van der Waals surface area (Å²) in [6.45, 7) is 2.41. The first-order chi connectivity index (χ1) is 13.0. The molecule has 6 heteroatoms. The van der Waals surface area contributed by atoms with E-state index >= 15 is 0 Å². The maximum atomic E-state index is 13.1. The van der Waals surface area contributed by atoms with Gasteiger partial charge in [0.05, 0.1) is 5.39 Å². The minimum Gasteiger partial charge on any atom is -0.451 e. The van der Waals surface area contributed by atoms with Crippen molar-refractivity contribution in [1.29, 1.82) is 0 Å². The zero-order valence-electron chi connectivity index (χ0n) is 14.8. The van der Waals surface area contributed by atoms with E-state index in [0.29, 0.717) is 22.5 Å². The third kappa shape index (κ3) is 4.55. The average Bonchev–Trinajstić information content (AvgIpc) is 2.66. The minimum atomic E-state index is -0.466. The summed E-state index contributed by atoms with van der Waals surface area (Å²) in [5.41, 5.74) is 0.932. The summed E-state index contributed by atoms with van der Waals surface area (Å²) in [5.74, 6) is -0.766. The van der Waals surface area contributed by atoms with Gasteiger partial charge >= 0.3 is 0 Å². The number of hydrogen-bond acceptors (Lipinski definition) is 3. The van der Waals surface area contributed by atoms with Crippen LogP contribution < -0.4 is 10.7 Å². The molecule has 1 atom stereocenters. The van der Waals surface area contributed by atoms with E-state index in [9.17, 15) is 14.0 Å². The summed E-state index contributed by atoms with van der Waals surface area (Å²) in [5, 5.41) is 3.56. The molecule has 4 nitrogen and oxygen atoms in total. The molecule has 0 radical (unpaired) electrons. The fourth-order valence-electron chi connectivity index (χ4n) is 3.01. The van der Waals surface area contributed by atoms with E-state index in [2.05, 4.69) is 5.32 Å². The summed E-state index contributed by atoms with van der Waals surface area (Å²) in [7, 11) is 0. The first-order valence-corrected chi connectivity index (χ1v) is 9.13. The number of carbonyl (C=O) groups is 1. The standard InChI is InChI=1S/C21H19ClFNO3/c1-2-3-14(13-4-7-16(23)8-5-13)12-24-21(26)20-11-18(25)17-10-15(22)6-9-19(17)27-20/h4-11,14H,2-3,12H2,1H3,(H,24,26)/t14-/m0/s1. The number of benzene rings is 2. The number of halogens is 2. The normalized spacial score (nSPS) is 12.1. The van der Waals surface area contributed by atoms with Crippen molar-refractivity contribution in [1.82, 2.24) is 5.32 Å². The van der Waals surface area contributed by atoms with E-state index in [1.54, 1.807) is 24.3 Å². The third-order valence-corrected chi connectivity index (χ3v) is 4.64. The van der Waals surface area contributed by atoms with Crippen LogP contribution in [-0.2, 0) is 0 Å². The van der Waals surface area contributed by atoms with Gasteiger partial charge in [0.15, 0.2) is 11.2 Å². The van der Waals surface area contributed by atoms with Gasteiger partial charge in [0, 0.05) is 23.6 Å². The van der Waals surface area contributed by atoms with Crippen LogP contribution >= 0.6 is 11.6 Å². The van der Waals surface area contributed by atoms with Gasteiger partial charge in [-0.1, -0.05) is 37.1 Å². The maximum Gasteiger partial charge on any atom is 0.287 e. The van der Waals surface area contributed by atoms with Gasteiger partial charge in [0.25, 0.3) is 5.91 Å². The topological polar surface area (TPSA) is 59.3 Å². The Labute approximate surface area is 161 Å². The van der Waals surface area contributed by atoms with Gasteiger partial charge in [0.1, 0.15) is 11.4 Å². The SMILES string of the molecule is CCC[C@@H](CNC(=O)c1cc(=O)c2cc(Cl)ccc2o1)c1ccc(F)cc1. The van der Waals surface area contributed by atoms with Crippen molar-refractivity contribution >= 4 is 28.5 Å². The van der Waals surface area contributed by atoms with Gasteiger partial charge in [-0.2, -0.15) is 0 Å². The van der Waals surface area contributed by atoms with E-state index in [1.807, 2.05) is 6.92 Å². The Morgan fingerprint density at radius 2 is 1.93 bits per heavy atom. The second kappa shape index (κ2) is 8.35. The summed E-state index contributed by atoms with van der Waals surface area (Å²) < 4.78 is 18.7. The summed E-state index contributed by atoms with van der Waals surface area (Å²) in [6, 6.07) is 12.1. The quantitative estimate of drug-likeness (QED) is 0.654. The van der Waals surface area contributed by atoms with Crippen LogP contribution in [0.4, 0.5) is 4.39 Å². The molecule has 1 N–H and O–H groups in total. The second-order valence-electron chi connectivity index (χ2n) is 6.36. The van der Waals surface area contributed by atoms with Gasteiger partial charge < -0.3 is 9.73 Å². The van der Waals surface area contributed by atoms with Gasteiger partial charge in [-0.25, -0.2) is 4.39 Å². The lowest BCUT2D eigenvalue weighted by Crippen LogP contribution is -2.29. The lowest BCUT2D eigenvalue weighted by molar-refractivity contribution is 0.0923. The van der Waals surface area contributed by atoms with Gasteiger partial charge in [-0.3, -0.25) is 9.59 Å². The predicted molar refractivity (Wildman–Crippen MR) is 104 cm³/mol. The molecule has 3 rings (SSSR count). The minimum absolute atomic E-state index is 0.0468. The van der Waals surface area contributed by atoms with E-state index in [1.165, 1.54) is 24.3 Å². The molecule has 3 aromatic rings. The summed E-state index contributed by atoms with van der Waals surface area (Å²) >= 11 is 5.89. The van der Waals surface area contributed by atoms with Crippen molar-refractivity contribution in [3.8, 4) is 0 Å². The molecular formula is C21H19ClFNO3. The predicted octanol–water partition coefficient (Wildman–Crippen LogP) is 4.90. The Bertz CT molecular complexity index is 1010. The van der Waals surface area contributed by atoms with Crippen LogP contribution in [0.25, 0.3) is 11.0 Å². The number of nitrogens with one attached hydrogen (secondary N) is 1. The third-order valence-electron chi connectivity index (χ3n) is 4.40. The first-order valence-electron chi connectivity index (χ1n) is 8.75. The molecule has 0 spiro atoms. The van der Waals surface area contributed by atoms with Crippen LogP contribution in [0.5, 0.6) is 0 Å². The highest BCUT2D eigenvalue weighted by Gasteiger charge is 2.16. The van der Waals surface area contributed by atoms with Crippen LogP contribution in [0.2, 0.25) is 5.02 Å². The molecule has 27 heavy (non-hydrogen) atoms. The van der Waals surface area contributed by atoms with Crippen LogP contribution in [0.15, 0.2) is 57.7 Å². The number of rotatable bonds is 6. The van der Waals surface area contributed by atoms with Gasteiger partial charge in [-0.05, 0) is 42.3 Å². The molecule has 0 saturated heterocycles. The Balaban J connectivity index is 1.77. The highest BCUT2D eigenvalue weighted by molar-refractivity contribution is 6.31. The lowest BCUT2D eigenvalue weighted by atomic mass is 9.94. The molecular weight excluding hydrogens is 369 g/mol. The lowest BCUT2D eigenvalue weighted by Gasteiger charge is -2.17. The molecule has 0 saturated carbocycles. The summed E-state index contributed by atoms with van der Waals surface area (Å²) in [4.78, 5) is 24.7. The molecule has 1 heterocycles. The Morgan fingerprint density at radius 3 is 2.63 bits per heavy atom. The molecule has 0 aliphatic heterocycles. The van der Waals surface area contributed by atoms with E-state index in [0.717, 1.165) is 18.4 Å². The van der Waals surface area contributed by atoms with Crippen molar-refractivity contribution in [2.75, 3.05) is 6.54 Å². The summed E-state index contributed by atoms with van der Waals surface area (Å²) in [6.07, 6.45) is 1.76. The maximum absolute atomic E-state index is 13.1. The van der Waals surface area contributed by atoms with Gasteiger partial charge in [-0.15, -0.1) is 0 Å². The zero-order valence-corrected chi connectivity index (χ0v) is 15.6. The van der Waals surface area contributed by atoms with Crippen molar-refractivity contribution in [3.63, 3.8) is 0 Å². The molecule has 0 bridgehead atoms. The molecule has 0 fully saturated rings. The van der Waals surface area contributed by atoms with Crippen LogP contribution in [0, 0.1) is 5.82 Å². The van der Waals surface area contributed by atoms with Crippen molar-refractivity contribution in [3.05, 3.63) is 80.9 Å². The average molecular weight is 388 g/mol. The smallest absolute Gasteiger partial charge is 0.287 e. The largest absolute Gasteiger partial charge is 0.451 e. The molecule has 140 valence electrons. The zero-order chi connectivity index (χ0) is 19.4. The van der Waals surface area contributed by atoms with Crippen molar-refractivity contribution in [2.45, 2.75) is 25.7 Å². The number of amides is 1. The number of fused-ring (bicyclic) bond motifs is 1. The van der Waals surface area contributed by atoms with Crippen LogP contribution in [-0.4, -0.2) is 12.5 Å². The van der Waals surface area contributed by atoms with Crippen LogP contribution in [0.3, 0.4) is 0 Å². The number of carbonyl (C=O) groups excluding carboxylic acids is 1. The highest BCUT2D eigenvalue weighted by atomic mass is 35.5. The molecule has 0 aliphatic rings. The van der Waals surface area contributed by atoms with Crippen LogP contribution in [0.1, 0.15) is 41.8 Å². The fourth-order valence-corrected chi connectivity index (χ4v) is 3.19. The Hall–Kier alpha value is -2.66. The molecule has 1 amide bonds. The Kier molecular flexibility index (Phi) is 5.91. The monoisotopic (exact) mass is 387 g/mol. The molecule has 0 aliphatic carbocycles. The Morgan fingerprint density at radius 1 is 1.19 bits per heavy atom. The van der Waals surface area contributed by atoms with Crippen molar-refractivity contribution < 1.29 is 13.6 Å². The molecule has 0 unspecified atom stereocenters. The molecule has 1 aromatic heterocycles. The van der Waals surface area contributed by atoms with E-state index in [4.69, 9.17) is 16.0 Å². The van der Waals surface area contributed by atoms with Crippen molar-refractivity contribution in [2.24, 2.45) is 0 Å².